The standard InChI is InChI=1S/C25H26O2/c1-19(17-22-13-7-8-15-24(22)20(2)26-3)23-14-9-10-16-25(23)27-18-21-11-5-4-6-12-21/h4-17,20H,18H2,1-3H3/b19-17+. The molecule has 0 radical (unpaired) electrons. The molecule has 0 aliphatic heterocycles. The van der Waals surface area contributed by atoms with E-state index in [1.54, 1.807) is 7.11 Å². The van der Waals surface area contributed by atoms with Crippen molar-refractivity contribution in [2.75, 3.05) is 7.11 Å². The number of hydrogen-bond donors (Lipinski definition) is 0. The van der Waals surface area contributed by atoms with Gasteiger partial charge < -0.3 is 9.47 Å². The van der Waals surface area contributed by atoms with Gasteiger partial charge in [0.05, 0.1) is 6.10 Å². The largest absolute Gasteiger partial charge is 0.488 e. The van der Waals surface area contributed by atoms with Crippen LogP contribution >= 0.6 is 0 Å². The maximum Gasteiger partial charge on any atom is 0.127 e. The van der Waals surface area contributed by atoms with Gasteiger partial charge in [0.15, 0.2) is 0 Å². The van der Waals surface area contributed by atoms with Crippen LogP contribution in [0.1, 0.15) is 42.2 Å². The van der Waals surface area contributed by atoms with Crippen LogP contribution in [0.4, 0.5) is 0 Å². The summed E-state index contributed by atoms with van der Waals surface area (Å²) in [6, 6.07) is 26.8. The average molecular weight is 358 g/mol. The van der Waals surface area contributed by atoms with Crippen LogP contribution in [-0.4, -0.2) is 7.11 Å². The first kappa shape index (κ1) is 18.9. The van der Waals surface area contributed by atoms with E-state index in [1.165, 1.54) is 11.1 Å². The molecular formula is C25H26O2. The molecule has 2 heteroatoms. The number of benzene rings is 3. The van der Waals surface area contributed by atoms with Gasteiger partial charge in [0, 0.05) is 12.7 Å². The van der Waals surface area contributed by atoms with Gasteiger partial charge >= 0.3 is 0 Å². The van der Waals surface area contributed by atoms with E-state index in [1.807, 2.05) is 36.4 Å². The molecule has 3 rings (SSSR count). The van der Waals surface area contributed by atoms with E-state index in [9.17, 15) is 0 Å². The van der Waals surface area contributed by atoms with Gasteiger partial charge in [-0.15, -0.1) is 0 Å². The summed E-state index contributed by atoms with van der Waals surface area (Å²) in [6.07, 6.45) is 2.25. The minimum atomic E-state index is 0.0508. The fraction of sp³-hybridized carbons (Fsp3) is 0.200. The Labute approximate surface area is 162 Å². The molecule has 138 valence electrons. The van der Waals surface area contributed by atoms with E-state index in [2.05, 4.69) is 62.4 Å². The Morgan fingerprint density at radius 3 is 2.33 bits per heavy atom. The number of methoxy groups -OCH3 is 1. The molecule has 3 aromatic rings. The van der Waals surface area contributed by atoms with Gasteiger partial charge in [-0.05, 0) is 42.2 Å². The SMILES string of the molecule is COC(C)c1ccccc1/C=C(\C)c1ccccc1OCc1ccccc1. The zero-order chi connectivity index (χ0) is 19.1. The second-order valence-corrected chi connectivity index (χ2v) is 6.60. The van der Waals surface area contributed by atoms with Gasteiger partial charge in [-0.1, -0.05) is 78.9 Å². The summed E-state index contributed by atoms with van der Waals surface area (Å²) >= 11 is 0. The zero-order valence-corrected chi connectivity index (χ0v) is 16.2. The molecule has 0 heterocycles. The minimum Gasteiger partial charge on any atom is -0.488 e. The van der Waals surface area contributed by atoms with E-state index in [-0.39, 0.29) is 6.10 Å². The van der Waals surface area contributed by atoms with Crippen molar-refractivity contribution in [1.29, 1.82) is 0 Å². The van der Waals surface area contributed by atoms with E-state index < -0.39 is 0 Å². The Hall–Kier alpha value is -2.84. The van der Waals surface area contributed by atoms with Crippen molar-refractivity contribution in [3.8, 4) is 5.75 Å². The molecule has 0 bridgehead atoms. The maximum absolute atomic E-state index is 6.12. The van der Waals surface area contributed by atoms with Crippen LogP contribution in [0.5, 0.6) is 5.75 Å². The number of hydrogen-bond acceptors (Lipinski definition) is 2. The summed E-state index contributed by atoms with van der Waals surface area (Å²) in [7, 11) is 1.74. The Morgan fingerprint density at radius 2 is 1.56 bits per heavy atom. The lowest BCUT2D eigenvalue weighted by Crippen LogP contribution is -1.99. The normalized spacial score (nSPS) is 12.6. The lowest BCUT2D eigenvalue weighted by Gasteiger charge is -2.15. The first-order valence-corrected chi connectivity index (χ1v) is 9.25. The molecular weight excluding hydrogens is 332 g/mol. The van der Waals surface area contributed by atoms with Crippen LogP contribution in [0, 0.1) is 0 Å². The minimum absolute atomic E-state index is 0.0508. The molecule has 0 aromatic heterocycles. The monoisotopic (exact) mass is 358 g/mol. The molecule has 0 amide bonds. The summed E-state index contributed by atoms with van der Waals surface area (Å²) in [6.45, 7) is 4.75. The van der Waals surface area contributed by atoms with Gasteiger partial charge in [-0.2, -0.15) is 0 Å². The fourth-order valence-corrected chi connectivity index (χ4v) is 3.10. The number of rotatable bonds is 7. The van der Waals surface area contributed by atoms with Crippen molar-refractivity contribution in [2.24, 2.45) is 0 Å². The number of para-hydroxylation sites is 1. The molecule has 1 atom stereocenters. The Morgan fingerprint density at radius 1 is 0.889 bits per heavy atom. The Balaban J connectivity index is 1.87. The van der Waals surface area contributed by atoms with Gasteiger partial charge in [-0.25, -0.2) is 0 Å². The van der Waals surface area contributed by atoms with E-state index in [4.69, 9.17) is 9.47 Å². The van der Waals surface area contributed by atoms with Gasteiger partial charge in [0.2, 0.25) is 0 Å². The molecule has 0 aliphatic rings. The van der Waals surface area contributed by atoms with Crippen LogP contribution in [-0.2, 0) is 11.3 Å². The molecule has 0 saturated carbocycles. The van der Waals surface area contributed by atoms with Crippen LogP contribution in [0.25, 0.3) is 11.6 Å². The maximum atomic E-state index is 6.12. The third-order valence-electron chi connectivity index (χ3n) is 4.71. The lowest BCUT2D eigenvalue weighted by atomic mass is 9.98. The molecule has 0 saturated heterocycles. The molecule has 27 heavy (non-hydrogen) atoms. The van der Waals surface area contributed by atoms with Crippen LogP contribution in [0.15, 0.2) is 78.9 Å². The Kier molecular flexibility index (Phi) is 6.45. The topological polar surface area (TPSA) is 18.5 Å². The van der Waals surface area contributed by atoms with Gasteiger partial charge in [0.1, 0.15) is 12.4 Å². The summed E-state index contributed by atoms with van der Waals surface area (Å²) in [4.78, 5) is 0. The fourth-order valence-electron chi connectivity index (χ4n) is 3.10. The van der Waals surface area contributed by atoms with Crippen molar-refractivity contribution >= 4 is 11.6 Å². The first-order valence-electron chi connectivity index (χ1n) is 9.25. The summed E-state index contributed by atoms with van der Waals surface area (Å²) in [5, 5.41) is 0. The van der Waals surface area contributed by atoms with E-state index in [0.717, 1.165) is 22.4 Å². The highest BCUT2D eigenvalue weighted by atomic mass is 16.5. The van der Waals surface area contributed by atoms with Crippen LogP contribution < -0.4 is 4.74 Å². The highest BCUT2D eigenvalue weighted by molar-refractivity contribution is 5.83. The summed E-state index contributed by atoms with van der Waals surface area (Å²) in [5.41, 5.74) is 5.78. The molecule has 0 aliphatic carbocycles. The first-order chi connectivity index (χ1) is 13.2. The summed E-state index contributed by atoms with van der Waals surface area (Å²) in [5.74, 6) is 0.896. The quantitative estimate of drug-likeness (QED) is 0.447. The highest BCUT2D eigenvalue weighted by Gasteiger charge is 2.10. The van der Waals surface area contributed by atoms with Crippen molar-refractivity contribution in [2.45, 2.75) is 26.6 Å². The number of ether oxygens (including phenoxy) is 2. The Bertz CT molecular complexity index is 897. The highest BCUT2D eigenvalue weighted by Crippen LogP contribution is 2.30. The van der Waals surface area contributed by atoms with Gasteiger partial charge in [0.25, 0.3) is 0 Å². The van der Waals surface area contributed by atoms with Crippen LogP contribution in [0.2, 0.25) is 0 Å². The number of allylic oxidation sites excluding steroid dienone is 1. The predicted octanol–water partition coefficient (Wildman–Crippen LogP) is 6.53. The molecule has 0 N–H and O–H groups in total. The zero-order valence-electron chi connectivity index (χ0n) is 16.2. The van der Waals surface area contributed by atoms with Crippen LogP contribution in [0.3, 0.4) is 0 Å². The molecule has 0 fully saturated rings. The van der Waals surface area contributed by atoms with Gasteiger partial charge in [-0.3, -0.25) is 0 Å². The lowest BCUT2D eigenvalue weighted by molar-refractivity contribution is 0.119. The molecule has 2 nitrogen and oxygen atoms in total. The average Bonchev–Trinajstić information content (AvgIpc) is 2.73. The predicted molar refractivity (Wildman–Crippen MR) is 113 cm³/mol. The van der Waals surface area contributed by atoms with Crippen molar-refractivity contribution < 1.29 is 9.47 Å². The van der Waals surface area contributed by atoms with Crippen molar-refractivity contribution in [3.63, 3.8) is 0 Å². The van der Waals surface area contributed by atoms with Crippen molar-refractivity contribution in [1.82, 2.24) is 0 Å². The molecule has 3 aromatic carbocycles. The molecule has 0 spiro atoms. The van der Waals surface area contributed by atoms with E-state index >= 15 is 0 Å². The third kappa shape index (κ3) is 4.87. The molecule has 1 unspecified atom stereocenters. The van der Waals surface area contributed by atoms with Crippen molar-refractivity contribution in [3.05, 3.63) is 101 Å². The second-order valence-electron chi connectivity index (χ2n) is 6.60. The summed E-state index contributed by atoms with van der Waals surface area (Å²) < 4.78 is 11.6. The second kappa shape index (κ2) is 9.20. The van der Waals surface area contributed by atoms with E-state index in [0.29, 0.717) is 6.61 Å². The smallest absolute Gasteiger partial charge is 0.127 e. The third-order valence-corrected chi connectivity index (χ3v) is 4.71.